The number of nitrogens with one attached hydrogen (secondary N) is 1. The van der Waals surface area contributed by atoms with Crippen molar-refractivity contribution in [3.8, 4) is 0 Å². The molecular weight excluding hydrogens is 222 g/mol. The third-order valence-electron chi connectivity index (χ3n) is 3.23. The predicted octanol–water partition coefficient (Wildman–Crippen LogP) is 3.82. The van der Waals surface area contributed by atoms with Crippen LogP contribution in [0.4, 0.5) is 5.69 Å². The van der Waals surface area contributed by atoms with E-state index in [0.29, 0.717) is 11.5 Å². The van der Waals surface area contributed by atoms with Crippen molar-refractivity contribution in [1.29, 1.82) is 0 Å². The number of carbonyl (C=O) groups excluding carboxylic acids is 1. The van der Waals surface area contributed by atoms with Crippen molar-refractivity contribution in [2.45, 2.75) is 18.8 Å². The molecule has 90 valence electrons. The number of hydrogen-bond donors (Lipinski definition) is 1. The Morgan fingerprint density at radius 3 is 2.50 bits per heavy atom. The SMILES string of the molecule is O=C(Nc1cccc(C2CC2)c1)c1ccccc1. The van der Waals surface area contributed by atoms with Crippen LogP contribution in [0.2, 0.25) is 0 Å². The molecule has 1 aliphatic carbocycles. The maximum atomic E-state index is 12.0. The van der Waals surface area contributed by atoms with E-state index in [4.69, 9.17) is 0 Å². The maximum absolute atomic E-state index is 12.0. The lowest BCUT2D eigenvalue weighted by atomic mass is 10.1. The molecule has 2 nitrogen and oxygen atoms in total. The van der Waals surface area contributed by atoms with Gasteiger partial charge in [0.05, 0.1) is 0 Å². The summed E-state index contributed by atoms with van der Waals surface area (Å²) in [5.74, 6) is 0.655. The normalized spacial score (nSPS) is 14.2. The first-order chi connectivity index (χ1) is 8.83. The van der Waals surface area contributed by atoms with Gasteiger partial charge < -0.3 is 5.32 Å². The highest BCUT2D eigenvalue weighted by molar-refractivity contribution is 6.04. The molecule has 0 unspecified atom stereocenters. The summed E-state index contributed by atoms with van der Waals surface area (Å²) in [6, 6.07) is 17.4. The molecule has 18 heavy (non-hydrogen) atoms. The minimum Gasteiger partial charge on any atom is -0.322 e. The van der Waals surface area contributed by atoms with Crippen LogP contribution in [0.3, 0.4) is 0 Å². The van der Waals surface area contributed by atoms with E-state index in [1.807, 2.05) is 42.5 Å². The molecule has 1 N–H and O–H groups in total. The number of rotatable bonds is 3. The van der Waals surface area contributed by atoms with E-state index in [-0.39, 0.29) is 5.91 Å². The van der Waals surface area contributed by atoms with Crippen LogP contribution in [0.25, 0.3) is 0 Å². The quantitative estimate of drug-likeness (QED) is 0.864. The van der Waals surface area contributed by atoms with Crippen LogP contribution in [-0.4, -0.2) is 5.91 Å². The second kappa shape index (κ2) is 4.65. The molecule has 1 amide bonds. The Morgan fingerprint density at radius 1 is 1.00 bits per heavy atom. The molecule has 3 rings (SSSR count). The summed E-state index contributed by atoms with van der Waals surface area (Å²) in [6.07, 6.45) is 2.55. The molecule has 0 radical (unpaired) electrons. The third-order valence-corrected chi connectivity index (χ3v) is 3.23. The van der Waals surface area contributed by atoms with E-state index in [9.17, 15) is 4.79 Å². The molecule has 1 saturated carbocycles. The second-order valence-corrected chi connectivity index (χ2v) is 4.72. The number of hydrogen-bond acceptors (Lipinski definition) is 1. The molecule has 1 aliphatic rings. The lowest BCUT2D eigenvalue weighted by Crippen LogP contribution is -2.11. The summed E-state index contributed by atoms with van der Waals surface area (Å²) in [7, 11) is 0. The summed E-state index contributed by atoms with van der Waals surface area (Å²) in [4.78, 5) is 12.0. The van der Waals surface area contributed by atoms with E-state index >= 15 is 0 Å². The molecule has 2 aromatic rings. The molecule has 0 atom stereocenters. The van der Waals surface area contributed by atoms with Gasteiger partial charge in [0.15, 0.2) is 0 Å². The average Bonchev–Trinajstić information content (AvgIpc) is 3.24. The largest absolute Gasteiger partial charge is 0.322 e. The fraction of sp³-hybridized carbons (Fsp3) is 0.188. The molecule has 0 saturated heterocycles. The van der Waals surface area contributed by atoms with E-state index in [1.54, 1.807) is 0 Å². The van der Waals surface area contributed by atoms with E-state index in [0.717, 1.165) is 5.69 Å². The Bertz CT molecular complexity index is 558. The lowest BCUT2D eigenvalue weighted by molar-refractivity contribution is 0.102. The Hall–Kier alpha value is -2.09. The van der Waals surface area contributed by atoms with Gasteiger partial charge in [-0.3, -0.25) is 4.79 Å². The van der Waals surface area contributed by atoms with Crippen LogP contribution < -0.4 is 5.32 Å². The zero-order valence-corrected chi connectivity index (χ0v) is 10.1. The molecule has 1 fully saturated rings. The fourth-order valence-electron chi connectivity index (χ4n) is 2.08. The van der Waals surface area contributed by atoms with Gasteiger partial charge in [0.2, 0.25) is 0 Å². The summed E-state index contributed by atoms with van der Waals surface area (Å²) in [6.45, 7) is 0. The molecule has 2 aromatic carbocycles. The second-order valence-electron chi connectivity index (χ2n) is 4.72. The molecule has 0 aromatic heterocycles. The van der Waals surface area contributed by atoms with E-state index in [2.05, 4.69) is 17.4 Å². The first-order valence-electron chi connectivity index (χ1n) is 6.29. The van der Waals surface area contributed by atoms with Crippen molar-refractivity contribution < 1.29 is 4.79 Å². The van der Waals surface area contributed by atoms with Gasteiger partial charge in [-0.1, -0.05) is 30.3 Å². The highest BCUT2D eigenvalue weighted by Crippen LogP contribution is 2.40. The monoisotopic (exact) mass is 237 g/mol. The van der Waals surface area contributed by atoms with Crippen LogP contribution in [-0.2, 0) is 0 Å². The summed E-state index contributed by atoms with van der Waals surface area (Å²) >= 11 is 0. The van der Waals surface area contributed by atoms with Gasteiger partial charge in [-0.15, -0.1) is 0 Å². The minimum absolute atomic E-state index is 0.0523. The zero-order chi connectivity index (χ0) is 12.4. The molecule has 2 heteroatoms. The lowest BCUT2D eigenvalue weighted by Gasteiger charge is -2.07. The standard InChI is InChI=1S/C16H15NO/c18-16(13-5-2-1-3-6-13)17-15-8-4-7-14(11-15)12-9-10-12/h1-8,11-12H,9-10H2,(H,17,18). The van der Waals surface area contributed by atoms with Crippen LogP contribution in [0.15, 0.2) is 54.6 Å². The van der Waals surface area contributed by atoms with Crippen molar-refractivity contribution in [2.24, 2.45) is 0 Å². The minimum atomic E-state index is -0.0523. The number of carbonyl (C=O) groups is 1. The third kappa shape index (κ3) is 2.43. The van der Waals surface area contributed by atoms with E-state index < -0.39 is 0 Å². The van der Waals surface area contributed by atoms with Crippen LogP contribution in [0.1, 0.15) is 34.7 Å². The van der Waals surface area contributed by atoms with Gasteiger partial charge in [0.25, 0.3) is 5.91 Å². The molecule has 0 aliphatic heterocycles. The number of benzene rings is 2. The van der Waals surface area contributed by atoms with Gasteiger partial charge in [-0.2, -0.15) is 0 Å². The summed E-state index contributed by atoms with van der Waals surface area (Å²) in [5, 5.41) is 2.94. The first-order valence-corrected chi connectivity index (χ1v) is 6.29. The smallest absolute Gasteiger partial charge is 0.255 e. The predicted molar refractivity (Wildman–Crippen MR) is 72.8 cm³/mol. The number of amides is 1. The van der Waals surface area contributed by atoms with E-state index in [1.165, 1.54) is 18.4 Å². The Labute approximate surface area is 107 Å². The van der Waals surface area contributed by atoms with Gasteiger partial charge in [0.1, 0.15) is 0 Å². The summed E-state index contributed by atoms with van der Waals surface area (Å²) in [5.41, 5.74) is 2.91. The fourth-order valence-corrected chi connectivity index (χ4v) is 2.08. The Kier molecular flexibility index (Phi) is 2.85. The summed E-state index contributed by atoms with van der Waals surface area (Å²) < 4.78 is 0. The van der Waals surface area contributed by atoms with Crippen molar-refractivity contribution in [2.75, 3.05) is 5.32 Å². The topological polar surface area (TPSA) is 29.1 Å². The highest BCUT2D eigenvalue weighted by Gasteiger charge is 2.23. The first kappa shape index (κ1) is 11.0. The van der Waals surface area contributed by atoms with Crippen LogP contribution in [0.5, 0.6) is 0 Å². The van der Waals surface area contributed by atoms with Crippen molar-refractivity contribution in [3.05, 3.63) is 65.7 Å². The maximum Gasteiger partial charge on any atom is 0.255 e. The number of anilines is 1. The molecule has 0 heterocycles. The average molecular weight is 237 g/mol. The van der Waals surface area contributed by atoms with Gasteiger partial charge >= 0.3 is 0 Å². The van der Waals surface area contributed by atoms with Crippen LogP contribution in [0, 0.1) is 0 Å². The van der Waals surface area contributed by atoms with Gasteiger partial charge in [-0.25, -0.2) is 0 Å². The molecular formula is C16H15NO. The van der Waals surface area contributed by atoms with Crippen LogP contribution >= 0.6 is 0 Å². The van der Waals surface area contributed by atoms with Crippen molar-refractivity contribution >= 4 is 11.6 Å². The zero-order valence-electron chi connectivity index (χ0n) is 10.1. The highest BCUT2D eigenvalue weighted by atomic mass is 16.1. The van der Waals surface area contributed by atoms with Crippen molar-refractivity contribution in [1.82, 2.24) is 0 Å². The Morgan fingerprint density at radius 2 is 1.78 bits per heavy atom. The molecule has 0 bridgehead atoms. The Balaban J connectivity index is 1.76. The van der Waals surface area contributed by atoms with Gasteiger partial charge in [0, 0.05) is 11.3 Å². The molecule has 0 spiro atoms. The van der Waals surface area contributed by atoms with Gasteiger partial charge in [-0.05, 0) is 48.6 Å². The van der Waals surface area contributed by atoms with Crippen molar-refractivity contribution in [3.63, 3.8) is 0 Å².